The summed E-state index contributed by atoms with van der Waals surface area (Å²) in [5.74, 6) is 0.863. The Hall–Kier alpha value is -0.750. The average Bonchev–Trinajstić information content (AvgIpc) is 2.74. The van der Waals surface area contributed by atoms with E-state index in [9.17, 15) is 0 Å². The summed E-state index contributed by atoms with van der Waals surface area (Å²) < 4.78 is 0. The first-order valence-corrected chi connectivity index (χ1v) is 6.15. The van der Waals surface area contributed by atoms with Gasteiger partial charge in [-0.2, -0.15) is 0 Å². The fraction of sp³-hybridized carbons (Fsp3) is 0.467. The summed E-state index contributed by atoms with van der Waals surface area (Å²) in [5.41, 5.74) is 5.24. The molecule has 0 heterocycles. The molecule has 1 fully saturated rings. The van der Waals surface area contributed by atoms with Gasteiger partial charge in [-0.15, -0.1) is 11.6 Å². The molecule has 0 amide bonds. The molecule has 0 radical (unpaired) electrons. The van der Waals surface area contributed by atoms with Crippen LogP contribution in [0.5, 0.6) is 0 Å². The van der Waals surface area contributed by atoms with Gasteiger partial charge in [-0.3, -0.25) is 0 Å². The van der Waals surface area contributed by atoms with Crippen LogP contribution in [0.1, 0.15) is 36.5 Å². The Kier molecular flexibility index (Phi) is 2.66. The van der Waals surface area contributed by atoms with Crippen molar-refractivity contribution in [2.75, 3.05) is 0 Å². The first-order valence-electron chi connectivity index (χ1n) is 5.77. The average molecular weight is 235 g/mol. The zero-order valence-corrected chi connectivity index (χ0v) is 11.2. The Morgan fingerprint density at radius 2 is 1.94 bits per heavy atom. The number of rotatable bonds is 2. The number of alkyl halides is 1. The van der Waals surface area contributed by atoms with Gasteiger partial charge >= 0.3 is 0 Å². The summed E-state index contributed by atoms with van der Waals surface area (Å²) in [5, 5.41) is 0. The van der Waals surface area contributed by atoms with E-state index in [0.29, 0.717) is 11.8 Å². The molecule has 16 heavy (non-hydrogen) atoms. The second-order valence-corrected chi connectivity index (χ2v) is 6.11. The molecule has 1 aromatic carbocycles. The quantitative estimate of drug-likeness (QED) is 0.519. The van der Waals surface area contributed by atoms with Crippen molar-refractivity contribution in [2.24, 2.45) is 5.92 Å². The number of halogens is 1. The van der Waals surface area contributed by atoms with E-state index in [2.05, 4.69) is 52.5 Å². The summed E-state index contributed by atoms with van der Waals surface area (Å²) in [6.45, 7) is 12.5. The first-order chi connectivity index (χ1) is 7.35. The minimum absolute atomic E-state index is 0.131. The van der Waals surface area contributed by atoms with Crippen LogP contribution in [0.2, 0.25) is 0 Å². The van der Waals surface area contributed by atoms with Gasteiger partial charge in [0, 0.05) is 11.8 Å². The molecule has 0 aromatic heterocycles. The highest BCUT2D eigenvalue weighted by Gasteiger charge is 2.61. The van der Waals surface area contributed by atoms with E-state index in [4.69, 9.17) is 11.6 Å². The highest BCUT2D eigenvalue weighted by molar-refractivity contribution is 6.27. The van der Waals surface area contributed by atoms with Gasteiger partial charge in [0.2, 0.25) is 0 Å². The lowest BCUT2D eigenvalue weighted by molar-refractivity contribution is 0.894. The van der Waals surface area contributed by atoms with Crippen molar-refractivity contribution in [2.45, 2.75) is 38.5 Å². The second kappa shape index (κ2) is 3.63. The van der Waals surface area contributed by atoms with Crippen LogP contribution in [-0.4, -0.2) is 4.87 Å². The van der Waals surface area contributed by atoms with E-state index in [1.54, 1.807) is 0 Å². The van der Waals surface area contributed by atoms with E-state index >= 15 is 0 Å². The summed E-state index contributed by atoms with van der Waals surface area (Å²) in [7, 11) is 0. The van der Waals surface area contributed by atoms with Crippen LogP contribution in [0.15, 0.2) is 30.4 Å². The van der Waals surface area contributed by atoms with E-state index < -0.39 is 0 Å². The molecule has 0 spiro atoms. The van der Waals surface area contributed by atoms with Crippen molar-refractivity contribution >= 4 is 11.6 Å². The SMILES string of the molecule is C=C(C)C1C(c2ccc(C)c(C)c2)C1(C)Cl. The summed E-state index contributed by atoms with van der Waals surface area (Å²) in [6, 6.07) is 6.66. The highest BCUT2D eigenvalue weighted by atomic mass is 35.5. The van der Waals surface area contributed by atoms with Gasteiger partial charge in [0.05, 0.1) is 4.87 Å². The van der Waals surface area contributed by atoms with E-state index in [1.807, 2.05) is 0 Å². The van der Waals surface area contributed by atoms with E-state index in [-0.39, 0.29) is 4.87 Å². The largest absolute Gasteiger partial charge is 0.118 e. The Morgan fingerprint density at radius 1 is 1.31 bits per heavy atom. The van der Waals surface area contributed by atoms with Gasteiger partial charge in [-0.05, 0) is 44.4 Å². The van der Waals surface area contributed by atoms with Gasteiger partial charge in [-0.1, -0.05) is 30.4 Å². The van der Waals surface area contributed by atoms with Gasteiger partial charge in [-0.25, -0.2) is 0 Å². The van der Waals surface area contributed by atoms with Crippen molar-refractivity contribution in [3.63, 3.8) is 0 Å². The monoisotopic (exact) mass is 234 g/mol. The first kappa shape index (κ1) is 11.7. The Bertz CT molecular complexity index is 443. The third-order valence-corrected chi connectivity index (χ3v) is 4.33. The fourth-order valence-corrected chi connectivity index (χ4v) is 3.23. The normalized spacial score (nSPS) is 32.6. The molecule has 0 nitrogen and oxygen atoms in total. The van der Waals surface area contributed by atoms with Crippen molar-refractivity contribution in [1.82, 2.24) is 0 Å². The van der Waals surface area contributed by atoms with Crippen molar-refractivity contribution in [3.05, 3.63) is 47.0 Å². The molecular formula is C15H19Cl. The molecule has 86 valence electrons. The Morgan fingerprint density at radius 3 is 2.38 bits per heavy atom. The van der Waals surface area contributed by atoms with Crippen molar-refractivity contribution in [3.8, 4) is 0 Å². The van der Waals surface area contributed by atoms with Crippen LogP contribution in [0.3, 0.4) is 0 Å². The van der Waals surface area contributed by atoms with Gasteiger partial charge in [0.15, 0.2) is 0 Å². The number of hydrogen-bond acceptors (Lipinski definition) is 0. The predicted molar refractivity (Wildman–Crippen MR) is 71.2 cm³/mol. The highest BCUT2D eigenvalue weighted by Crippen LogP contribution is 2.64. The third kappa shape index (κ3) is 1.69. The number of allylic oxidation sites excluding steroid dienone is 1. The molecule has 0 bridgehead atoms. The topological polar surface area (TPSA) is 0 Å². The smallest absolute Gasteiger partial charge is 0.0564 e. The maximum absolute atomic E-state index is 6.53. The Labute approximate surface area is 103 Å². The van der Waals surface area contributed by atoms with Gasteiger partial charge in [0.1, 0.15) is 0 Å². The zero-order chi connectivity index (χ0) is 12.1. The molecule has 0 aliphatic heterocycles. The van der Waals surface area contributed by atoms with Crippen molar-refractivity contribution in [1.29, 1.82) is 0 Å². The molecule has 3 unspecified atom stereocenters. The zero-order valence-electron chi connectivity index (χ0n) is 10.5. The van der Waals surface area contributed by atoms with Gasteiger partial charge in [0.25, 0.3) is 0 Å². The maximum Gasteiger partial charge on any atom is 0.0564 e. The lowest BCUT2D eigenvalue weighted by atomic mass is 10.0. The Balaban J connectivity index is 2.33. The molecule has 3 atom stereocenters. The third-order valence-electron chi connectivity index (χ3n) is 3.86. The molecule has 0 saturated heterocycles. The predicted octanol–water partition coefficient (Wildman–Crippen LogP) is 4.59. The molecule has 0 N–H and O–H groups in total. The minimum atomic E-state index is -0.131. The molecule has 2 rings (SSSR count). The molecule has 1 aromatic rings. The molecular weight excluding hydrogens is 216 g/mol. The summed E-state index contributed by atoms with van der Waals surface area (Å²) in [6.07, 6.45) is 0. The number of benzene rings is 1. The number of hydrogen-bond donors (Lipinski definition) is 0. The lowest BCUT2D eigenvalue weighted by Crippen LogP contribution is -1.96. The minimum Gasteiger partial charge on any atom is -0.118 e. The summed E-state index contributed by atoms with van der Waals surface area (Å²) >= 11 is 6.53. The van der Waals surface area contributed by atoms with Crippen LogP contribution in [0.25, 0.3) is 0 Å². The van der Waals surface area contributed by atoms with Crippen LogP contribution < -0.4 is 0 Å². The fourth-order valence-electron chi connectivity index (χ4n) is 2.73. The van der Waals surface area contributed by atoms with Crippen LogP contribution >= 0.6 is 11.6 Å². The van der Waals surface area contributed by atoms with Crippen LogP contribution in [0, 0.1) is 19.8 Å². The van der Waals surface area contributed by atoms with Crippen LogP contribution in [-0.2, 0) is 0 Å². The van der Waals surface area contributed by atoms with E-state index in [0.717, 1.165) is 0 Å². The molecule has 1 aliphatic rings. The second-order valence-electron chi connectivity index (χ2n) is 5.30. The van der Waals surface area contributed by atoms with Crippen molar-refractivity contribution < 1.29 is 0 Å². The van der Waals surface area contributed by atoms with Gasteiger partial charge < -0.3 is 0 Å². The standard InChI is InChI=1S/C15H19Cl/c1-9(2)13-14(15(13,5)16)12-7-6-10(3)11(4)8-12/h6-8,13-14H,1H2,2-5H3. The number of aryl methyl sites for hydroxylation is 2. The molecule has 1 aliphatic carbocycles. The maximum atomic E-state index is 6.53. The molecule has 1 saturated carbocycles. The molecule has 1 heteroatoms. The summed E-state index contributed by atoms with van der Waals surface area (Å²) in [4.78, 5) is -0.131. The lowest BCUT2D eigenvalue weighted by Gasteiger charge is -2.05. The van der Waals surface area contributed by atoms with E-state index in [1.165, 1.54) is 22.3 Å². The van der Waals surface area contributed by atoms with Crippen LogP contribution in [0.4, 0.5) is 0 Å².